The zero-order chi connectivity index (χ0) is 22.3. The van der Waals surface area contributed by atoms with Crippen molar-refractivity contribution in [2.24, 2.45) is 17.3 Å². The molecule has 5 aliphatic rings. The molecule has 0 spiro atoms. The highest BCUT2D eigenvalue weighted by Crippen LogP contribution is 2.62. The number of piperidine rings is 1. The van der Waals surface area contributed by atoms with E-state index in [0.717, 1.165) is 58.0 Å². The van der Waals surface area contributed by atoms with Gasteiger partial charge in [-0.2, -0.15) is 0 Å². The van der Waals surface area contributed by atoms with E-state index in [0.29, 0.717) is 23.1 Å². The lowest BCUT2D eigenvalue weighted by Gasteiger charge is -2.62. The zero-order valence-electron chi connectivity index (χ0n) is 19.1. The normalized spacial score (nSPS) is 34.2. The van der Waals surface area contributed by atoms with Crippen molar-refractivity contribution in [1.82, 2.24) is 10.2 Å². The molecule has 1 heterocycles. The summed E-state index contributed by atoms with van der Waals surface area (Å²) >= 11 is 0. The van der Waals surface area contributed by atoms with Gasteiger partial charge in [0.05, 0.1) is 5.60 Å². The number of nitrogens with zero attached hydrogens (tertiary/aromatic N) is 1. The smallest absolute Gasteiger partial charge is 0.260 e. The molecule has 0 radical (unpaired) electrons. The van der Waals surface area contributed by atoms with Crippen molar-refractivity contribution in [3.63, 3.8) is 0 Å². The monoisotopic (exact) mass is 440 g/mol. The molecule has 6 heteroatoms. The quantitative estimate of drug-likeness (QED) is 0.709. The Morgan fingerprint density at radius 2 is 1.88 bits per heavy atom. The SMILES string of the molecule is CC(NC(=O)c1cccc(OCC(=O)N2CCCCC2)c1)C12CC3CC(CC(O)(C3)C1)C2. The molecule has 0 aromatic heterocycles. The molecule has 4 bridgehead atoms. The second-order valence-corrected chi connectivity index (χ2v) is 11.0. The fourth-order valence-electron chi connectivity index (χ4n) is 7.33. The molecule has 1 saturated heterocycles. The minimum absolute atomic E-state index is 0.00344. The van der Waals surface area contributed by atoms with Crippen LogP contribution in [0.2, 0.25) is 0 Å². The molecule has 6 rings (SSSR count). The van der Waals surface area contributed by atoms with Gasteiger partial charge in [0.15, 0.2) is 6.61 Å². The Bertz CT molecular complexity index is 864. The number of nitrogens with one attached hydrogen (secondary N) is 1. The topological polar surface area (TPSA) is 78.9 Å². The summed E-state index contributed by atoms with van der Waals surface area (Å²) in [5.74, 6) is 1.62. The second kappa shape index (κ2) is 8.36. The standard InChI is InChI=1S/C26H36N2O4/c1-18(25-12-19-10-20(13-25)15-26(31,14-19)17-25)27-24(30)21-6-5-7-22(11-21)32-16-23(29)28-8-3-2-4-9-28/h5-7,11,18-20,31H,2-4,8-10,12-17H2,1H3,(H,27,30). The molecule has 1 aliphatic heterocycles. The van der Waals surface area contributed by atoms with Gasteiger partial charge in [-0.05, 0) is 100 Å². The Labute approximate surface area is 190 Å². The van der Waals surface area contributed by atoms with E-state index in [-0.39, 0.29) is 29.9 Å². The van der Waals surface area contributed by atoms with E-state index < -0.39 is 5.60 Å². The van der Waals surface area contributed by atoms with Crippen LogP contribution < -0.4 is 10.1 Å². The number of rotatable bonds is 6. The minimum Gasteiger partial charge on any atom is -0.484 e. The van der Waals surface area contributed by atoms with Crippen LogP contribution in [0.3, 0.4) is 0 Å². The molecule has 2 amide bonds. The summed E-state index contributed by atoms with van der Waals surface area (Å²) in [6, 6.07) is 7.11. The number of likely N-dealkylation sites (tertiary alicyclic amines) is 1. The van der Waals surface area contributed by atoms with Gasteiger partial charge in [-0.15, -0.1) is 0 Å². The number of carbonyl (C=O) groups is 2. The minimum atomic E-state index is -0.530. The summed E-state index contributed by atoms with van der Waals surface area (Å²) in [5.41, 5.74) is 0.0180. The number of hydrogen-bond acceptors (Lipinski definition) is 4. The molecule has 32 heavy (non-hydrogen) atoms. The fourth-order valence-corrected chi connectivity index (χ4v) is 7.33. The predicted molar refractivity (Wildman–Crippen MR) is 121 cm³/mol. The molecular formula is C26H36N2O4. The summed E-state index contributed by atoms with van der Waals surface area (Å²) < 4.78 is 5.73. The van der Waals surface area contributed by atoms with Gasteiger partial charge in [-0.25, -0.2) is 0 Å². The number of aliphatic hydroxyl groups is 1. The predicted octanol–water partition coefficient (Wildman–Crippen LogP) is 3.53. The molecule has 174 valence electrons. The zero-order valence-corrected chi connectivity index (χ0v) is 19.1. The Hall–Kier alpha value is -2.08. The Kier molecular flexibility index (Phi) is 5.68. The van der Waals surface area contributed by atoms with E-state index in [4.69, 9.17) is 4.74 Å². The highest BCUT2D eigenvalue weighted by Gasteiger charge is 2.59. The van der Waals surface area contributed by atoms with Crippen LogP contribution in [0.5, 0.6) is 5.75 Å². The number of benzene rings is 1. The number of hydrogen-bond donors (Lipinski definition) is 2. The maximum Gasteiger partial charge on any atom is 0.260 e. The maximum atomic E-state index is 13.1. The summed E-state index contributed by atoms with van der Waals surface area (Å²) in [5, 5.41) is 14.3. The van der Waals surface area contributed by atoms with Crippen LogP contribution in [-0.2, 0) is 4.79 Å². The first kappa shape index (κ1) is 21.7. The summed E-state index contributed by atoms with van der Waals surface area (Å²) in [4.78, 5) is 27.3. The molecule has 3 atom stereocenters. The third kappa shape index (κ3) is 4.26. The lowest BCUT2D eigenvalue weighted by Crippen LogP contribution is -2.61. The first-order chi connectivity index (χ1) is 15.3. The van der Waals surface area contributed by atoms with Gasteiger partial charge in [0.2, 0.25) is 0 Å². The van der Waals surface area contributed by atoms with Crippen molar-refractivity contribution in [1.29, 1.82) is 0 Å². The van der Waals surface area contributed by atoms with Crippen molar-refractivity contribution < 1.29 is 19.4 Å². The molecule has 3 unspecified atom stereocenters. The first-order valence-electron chi connectivity index (χ1n) is 12.4. The average molecular weight is 441 g/mol. The summed E-state index contributed by atoms with van der Waals surface area (Å²) in [7, 11) is 0. The molecule has 1 aromatic carbocycles. The van der Waals surface area contributed by atoms with E-state index in [9.17, 15) is 14.7 Å². The van der Waals surface area contributed by atoms with Crippen LogP contribution in [-0.4, -0.2) is 53.2 Å². The molecule has 4 saturated carbocycles. The lowest BCUT2D eigenvalue weighted by atomic mass is 9.46. The van der Waals surface area contributed by atoms with Gasteiger partial charge < -0.3 is 20.1 Å². The number of amides is 2. The van der Waals surface area contributed by atoms with E-state index in [1.54, 1.807) is 24.3 Å². The number of carbonyl (C=O) groups excluding carboxylic acids is 2. The van der Waals surface area contributed by atoms with Gasteiger partial charge in [0.25, 0.3) is 11.8 Å². The summed E-state index contributed by atoms with van der Waals surface area (Å²) in [6.45, 7) is 3.72. The van der Waals surface area contributed by atoms with Crippen LogP contribution in [0, 0.1) is 17.3 Å². The highest BCUT2D eigenvalue weighted by atomic mass is 16.5. The van der Waals surface area contributed by atoms with Crippen molar-refractivity contribution >= 4 is 11.8 Å². The Balaban J connectivity index is 1.20. The summed E-state index contributed by atoms with van der Waals surface area (Å²) in [6.07, 6.45) is 9.41. The first-order valence-corrected chi connectivity index (χ1v) is 12.4. The molecule has 1 aromatic rings. The van der Waals surface area contributed by atoms with Gasteiger partial charge in [-0.1, -0.05) is 6.07 Å². The third-order valence-electron chi connectivity index (χ3n) is 8.51. The van der Waals surface area contributed by atoms with E-state index >= 15 is 0 Å². The largest absolute Gasteiger partial charge is 0.484 e. The Morgan fingerprint density at radius 1 is 1.16 bits per heavy atom. The van der Waals surface area contributed by atoms with Crippen molar-refractivity contribution in [2.75, 3.05) is 19.7 Å². The van der Waals surface area contributed by atoms with Crippen LogP contribution >= 0.6 is 0 Å². The van der Waals surface area contributed by atoms with E-state index in [2.05, 4.69) is 12.2 Å². The molecule has 5 fully saturated rings. The van der Waals surface area contributed by atoms with Crippen molar-refractivity contribution in [2.45, 2.75) is 76.4 Å². The molecular weight excluding hydrogens is 404 g/mol. The molecule has 6 nitrogen and oxygen atoms in total. The van der Waals surface area contributed by atoms with E-state index in [1.807, 2.05) is 4.90 Å². The molecule has 4 aliphatic carbocycles. The van der Waals surface area contributed by atoms with Crippen LogP contribution in [0.4, 0.5) is 0 Å². The fraction of sp³-hybridized carbons (Fsp3) is 0.692. The van der Waals surface area contributed by atoms with Gasteiger partial charge in [-0.3, -0.25) is 9.59 Å². The van der Waals surface area contributed by atoms with Crippen molar-refractivity contribution in [3.8, 4) is 5.75 Å². The van der Waals surface area contributed by atoms with Gasteiger partial charge in [0, 0.05) is 24.7 Å². The second-order valence-electron chi connectivity index (χ2n) is 11.0. The lowest BCUT2D eigenvalue weighted by molar-refractivity contribution is -0.171. The van der Waals surface area contributed by atoms with Crippen molar-refractivity contribution in [3.05, 3.63) is 29.8 Å². The molecule has 2 N–H and O–H groups in total. The van der Waals surface area contributed by atoms with Crippen LogP contribution in [0.25, 0.3) is 0 Å². The van der Waals surface area contributed by atoms with Gasteiger partial charge >= 0.3 is 0 Å². The third-order valence-corrected chi connectivity index (χ3v) is 8.51. The van der Waals surface area contributed by atoms with E-state index in [1.165, 1.54) is 12.8 Å². The highest BCUT2D eigenvalue weighted by molar-refractivity contribution is 5.94. The Morgan fingerprint density at radius 3 is 2.56 bits per heavy atom. The maximum absolute atomic E-state index is 13.1. The van der Waals surface area contributed by atoms with Gasteiger partial charge in [0.1, 0.15) is 5.75 Å². The van der Waals surface area contributed by atoms with Crippen LogP contribution in [0.1, 0.15) is 75.1 Å². The average Bonchev–Trinajstić information content (AvgIpc) is 2.76. The van der Waals surface area contributed by atoms with Crippen LogP contribution in [0.15, 0.2) is 24.3 Å². The number of ether oxygens (including phenoxy) is 1.